The Morgan fingerprint density at radius 1 is 1.12 bits per heavy atom. The molecule has 0 radical (unpaired) electrons. The third-order valence-corrected chi connectivity index (χ3v) is 6.78. The van der Waals surface area contributed by atoms with Crippen molar-refractivity contribution in [3.05, 3.63) is 35.9 Å². The molecular weight excluding hydrogens is 214 g/mol. The molecule has 16 heavy (non-hydrogen) atoms. The zero-order valence-electron chi connectivity index (χ0n) is 10.6. The SMILES string of the molecule is CCN[Si](CC)(Cc1ccccc1)OCC. The second kappa shape index (κ2) is 6.84. The first-order chi connectivity index (χ1) is 7.76. The summed E-state index contributed by atoms with van der Waals surface area (Å²) in [6.45, 7) is 8.27. The van der Waals surface area contributed by atoms with Gasteiger partial charge in [0, 0.05) is 12.7 Å². The molecule has 90 valence electrons. The Labute approximate surface area is 100 Å². The van der Waals surface area contributed by atoms with E-state index >= 15 is 0 Å². The average Bonchev–Trinajstić information content (AvgIpc) is 2.31. The number of rotatable bonds is 7. The fourth-order valence-electron chi connectivity index (χ4n) is 2.04. The smallest absolute Gasteiger partial charge is 0.272 e. The van der Waals surface area contributed by atoms with E-state index in [4.69, 9.17) is 4.43 Å². The van der Waals surface area contributed by atoms with Crippen LogP contribution < -0.4 is 4.98 Å². The van der Waals surface area contributed by atoms with Crippen LogP contribution in [0.5, 0.6) is 0 Å². The maximum atomic E-state index is 6.05. The lowest BCUT2D eigenvalue weighted by molar-refractivity contribution is 0.309. The van der Waals surface area contributed by atoms with Crippen LogP contribution in [0.2, 0.25) is 6.04 Å². The number of hydrogen-bond donors (Lipinski definition) is 1. The predicted octanol–water partition coefficient (Wildman–Crippen LogP) is 2.88. The highest BCUT2D eigenvalue weighted by atomic mass is 28.4. The van der Waals surface area contributed by atoms with E-state index < -0.39 is 8.48 Å². The van der Waals surface area contributed by atoms with Crippen LogP contribution in [0.1, 0.15) is 26.3 Å². The molecule has 0 aliphatic carbocycles. The second-order valence-electron chi connectivity index (χ2n) is 3.97. The highest BCUT2D eigenvalue weighted by molar-refractivity contribution is 6.70. The van der Waals surface area contributed by atoms with Crippen molar-refractivity contribution in [2.24, 2.45) is 0 Å². The van der Waals surface area contributed by atoms with Crippen LogP contribution >= 0.6 is 0 Å². The summed E-state index contributed by atoms with van der Waals surface area (Å²) >= 11 is 0. The Morgan fingerprint density at radius 3 is 2.31 bits per heavy atom. The quantitative estimate of drug-likeness (QED) is 0.736. The van der Waals surface area contributed by atoms with Gasteiger partial charge in [-0.05, 0) is 25.1 Å². The zero-order chi connectivity index (χ0) is 11.9. The van der Waals surface area contributed by atoms with Gasteiger partial charge in [0.2, 0.25) is 0 Å². The Bertz CT molecular complexity index is 283. The lowest BCUT2D eigenvalue weighted by atomic mass is 10.2. The zero-order valence-corrected chi connectivity index (χ0v) is 11.6. The fourth-order valence-corrected chi connectivity index (χ4v) is 5.17. The molecule has 1 unspecified atom stereocenters. The molecule has 0 saturated heterocycles. The predicted molar refractivity (Wildman–Crippen MR) is 71.7 cm³/mol. The molecule has 0 aromatic heterocycles. The summed E-state index contributed by atoms with van der Waals surface area (Å²) in [6, 6.07) is 12.8. The van der Waals surface area contributed by atoms with Gasteiger partial charge in [0.25, 0.3) is 8.48 Å². The molecule has 1 aromatic rings. The van der Waals surface area contributed by atoms with Crippen LogP contribution in [-0.2, 0) is 10.5 Å². The topological polar surface area (TPSA) is 21.3 Å². The molecule has 1 N–H and O–H groups in total. The highest BCUT2D eigenvalue weighted by Crippen LogP contribution is 2.15. The van der Waals surface area contributed by atoms with Crippen molar-refractivity contribution in [1.29, 1.82) is 0 Å². The first-order valence-electron chi connectivity index (χ1n) is 6.19. The van der Waals surface area contributed by atoms with E-state index in [0.717, 1.165) is 25.2 Å². The largest absolute Gasteiger partial charge is 0.403 e. The van der Waals surface area contributed by atoms with Crippen molar-refractivity contribution in [3.63, 3.8) is 0 Å². The van der Waals surface area contributed by atoms with Gasteiger partial charge in [-0.2, -0.15) is 0 Å². The molecule has 0 heterocycles. The van der Waals surface area contributed by atoms with Crippen molar-refractivity contribution in [2.45, 2.75) is 32.9 Å². The highest BCUT2D eigenvalue weighted by Gasteiger charge is 2.32. The van der Waals surface area contributed by atoms with Crippen LogP contribution in [0.3, 0.4) is 0 Å². The fraction of sp³-hybridized carbons (Fsp3) is 0.538. The first-order valence-corrected chi connectivity index (χ1v) is 8.51. The molecule has 0 bridgehead atoms. The summed E-state index contributed by atoms with van der Waals surface area (Å²) in [4.78, 5) is 3.61. The molecule has 0 aliphatic rings. The number of benzene rings is 1. The van der Waals surface area contributed by atoms with Crippen molar-refractivity contribution >= 4 is 8.48 Å². The van der Waals surface area contributed by atoms with Crippen LogP contribution in [0.15, 0.2) is 30.3 Å². The third kappa shape index (κ3) is 3.74. The normalized spacial score (nSPS) is 14.7. The van der Waals surface area contributed by atoms with Gasteiger partial charge in [0.15, 0.2) is 0 Å². The molecule has 0 saturated carbocycles. The van der Waals surface area contributed by atoms with E-state index in [1.807, 2.05) is 0 Å². The van der Waals surface area contributed by atoms with Crippen LogP contribution in [-0.4, -0.2) is 21.6 Å². The standard InChI is InChI=1S/C13H23NOSi/c1-4-14-16(6-3,15-5-2)12-13-10-8-7-9-11-13/h7-11,14H,4-6,12H2,1-3H3. The molecule has 1 atom stereocenters. The van der Waals surface area contributed by atoms with Crippen molar-refractivity contribution in [2.75, 3.05) is 13.2 Å². The second-order valence-corrected chi connectivity index (χ2v) is 7.67. The summed E-state index contributed by atoms with van der Waals surface area (Å²) in [7, 11) is -1.76. The van der Waals surface area contributed by atoms with E-state index in [1.165, 1.54) is 5.56 Å². The minimum Gasteiger partial charge on any atom is -0.403 e. The summed E-state index contributed by atoms with van der Waals surface area (Å²) < 4.78 is 6.05. The molecule has 1 rings (SSSR count). The maximum Gasteiger partial charge on any atom is 0.272 e. The van der Waals surface area contributed by atoms with Gasteiger partial charge >= 0.3 is 0 Å². The van der Waals surface area contributed by atoms with Gasteiger partial charge in [0.05, 0.1) is 0 Å². The van der Waals surface area contributed by atoms with Crippen LogP contribution in [0, 0.1) is 0 Å². The van der Waals surface area contributed by atoms with Crippen molar-refractivity contribution < 1.29 is 4.43 Å². The molecule has 2 nitrogen and oxygen atoms in total. The van der Waals surface area contributed by atoms with Crippen molar-refractivity contribution in [3.8, 4) is 0 Å². The maximum absolute atomic E-state index is 6.05. The van der Waals surface area contributed by atoms with Gasteiger partial charge in [-0.25, -0.2) is 0 Å². The lowest BCUT2D eigenvalue weighted by Crippen LogP contribution is -2.55. The minimum atomic E-state index is -1.76. The molecule has 0 fully saturated rings. The van der Waals surface area contributed by atoms with Gasteiger partial charge in [-0.1, -0.05) is 44.2 Å². The van der Waals surface area contributed by atoms with Gasteiger partial charge in [-0.15, -0.1) is 0 Å². The third-order valence-electron chi connectivity index (χ3n) is 2.82. The molecule has 0 spiro atoms. The van der Waals surface area contributed by atoms with Crippen molar-refractivity contribution in [1.82, 2.24) is 4.98 Å². The van der Waals surface area contributed by atoms with E-state index in [2.05, 4.69) is 56.1 Å². The molecule has 1 aromatic carbocycles. The van der Waals surface area contributed by atoms with Gasteiger partial charge < -0.3 is 9.41 Å². The van der Waals surface area contributed by atoms with Gasteiger partial charge in [0.1, 0.15) is 0 Å². The average molecular weight is 237 g/mol. The molecular formula is C13H23NOSi. The minimum absolute atomic E-state index is 0.805. The monoisotopic (exact) mass is 237 g/mol. The van der Waals surface area contributed by atoms with Gasteiger partial charge in [-0.3, -0.25) is 0 Å². The first kappa shape index (κ1) is 13.4. The Kier molecular flexibility index (Phi) is 5.73. The Morgan fingerprint density at radius 2 is 1.81 bits per heavy atom. The van der Waals surface area contributed by atoms with Crippen LogP contribution in [0.4, 0.5) is 0 Å². The Hall–Kier alpha value is -0.643. The summed E-state index contributed by atoms with van der Waals surface area (Å²) in [6.07, 6.45) is 0. The number of hydrogen-bond acceptors (Lipinski definition) is 2. The van der Waals surface area contributed by atoms with E-state index in [1.54, 1.807) is 0 Å². The van der Waals surface area contributed by atoms with Crippen LogP contribution in [0.25, 0.3) is 0 Å². The number of nitrogens with one attached hydrogen (secondary N) is 1. The van der Waals surface area contributed by atoms with E-state index in [0.29, 0.717) is 0 Å². The summed E-state index contributed by atoms with van der Waals surface area (Å²) in [5.74, 6) is 0. The molecule has 0 amide bonds. The molecule has 3 heteroatoms. The summed E-state index contributed by atoms with van der Waals surface area (Å²) in [5.41, 5.74) is 1.38. The van der Waals surface area contributed by atoms with E-state index in [-0.39, 0.29) is 0 Å². The lowest BCUT2D eigenvalue weighted by Gasteiger charge is -2.30. The van der Waals surface area contributed by atoms with E-state index in [9.17, 15) is 0 Å². The summed E-state index contributed by atoms with van der Waals surface area (Å²) in [5, 5.41) is 0. The molecule has 0 aliphatic heterocycles. The Balaban J connectivity index is 2.76.